The smallest absolute Gasteiger partial charge is 0.341 e. The number of nitrogens with two attached hydrogens (primary N) is 1. The van der Waals surface area contributed by atoms with Crippen molar-refractivity contribution in [3.05, 3.63) is 53.7 Å². The maximum absolute atomic E-state index is 11.8. The van der Waals surface area contributed by atoms with Crippen LogP contribution in [0.4, 0.5) is 11.5 Å². The fourth-order valence-corrected chi connectivity index (χ4v) is 2.19. The van der Waals surface area contributed by atoms with Gasteiger partial charge in [-0.2, -0.15) is 0 Å². The molecule has 21 heavy (non-hydrogen) atoms. The first-order valence-electron chi connectivity index (χ1n) is 6.22. The summed E-state index contributed by atoms with van der Waals surface area (Å²) in [6, 6.07) is 10.8. The van der Waals surface area contributed by atoms with E-state index in [1.807, 2.05) is 24.3 Å². The van der Waals surface area contributed by atoms with Gasteiger partial charge in [0.25, 0.3) is 0 Å². The van der Waals surface area contributed by atoms with Crippen molar-refractivity contribution in [3.8, 4) is 0 Å². The number of ether oxygens (including phenoxy) is 1. The number of methoxy groups -OCH3 is 1. The first-order valence-corrected chi connectivity index (χ1v) is 6.63. The molecule has 0 aliphatic rings. The molecule has 108 valence electrons. The lowest BCUT2D eigenvalue weighted by molar-refractivity contribution is 0.0601. The second-order valence-corrected chi connectivity index (χ2v) is 4.75. The van der Waals surface area contributed by atoms with Crippen molar-refractivity contribution in [2.75, 3.05) is 19.1 Å². The van der Waals surface area contributed by atoms with Crippen LogP contribution in [0, 0.1) is 0 Å². The van der Waals surface area contributed by atoms with Gasteiger partial charge in [0.2, 0.25) is 0 Å². The highest BCUT2D eigenvalue weighted by molar-refractivity contribution is 7.80. The van der Waals surface area contributed by atoms with E-state index in [2.05, 4.69) is 4.98 Å². The minimum atomic E-state index is -0.447. The Morgan fingerprint density at radius 2 is 1.90 bits per heavy atom. The summed E-state index contributed by atoms with van der Waals surface area (Å²) in [4.78, 5) is 18.2. The Balaban J connectivity index is 2.53. The number of esters is 1. The molecule has 0 saturated carbocycles. The van der Waals surface area contributed by atoms with Gasteiger partial charge in [0.05, 0.1) is 12.8 Å². The van der Waals surface area contributed by atoms with Gasteiger partial charge < -0.3 is 15.4 Å². The van der Waals surface area contributed by atoms with E-state index in [1.54, 1.807) is 30.3 Å². The van der Waals surface area contributed by atoms with Gasteiger partial charge >= 0.3 is 5.97 Å². The molecule has 0 saturated heterocycles. The number of aromatic nitrogens is 1. The summed E-state index contributed by atoms with van der Waals surface area (Å²) < 4.78 is 4.78. The van der Waals surface area contributed by atoms with Gasteiger partial charge in [-0.05, 0) is 24.3 Å². The molecule has 0 amide bonds. The standard InChI is InChI=1S/C15H15N3O2S/c1-18(12-8-4-3-6-10(12)13(16)21)14-11(15(19)20-2)7-5-9-17-14/h3-9H,1-2H3,(H2,16,21). The van der Waals surface area contributed by atoms with Crippen LogP contribution < -0.4 is 10.6 Å². The predicted molar refractivity (Wildman–Crippen MR) is 86.0 cm³/mol. The number of anilines is 2. The molecule has 2 aromatic rings. The van der Waals surface area contributed by atoms with Crippen LogP contribution in [0.2, 0.25) is 0 Å². The lowest BCUT2D eigenvalue weighted by Crippen LogP contribution is -2.20. The van der Waals surface area contributed by atoms with E-state index in [-0.39, 0.29) is 4.99 Å². The van der Waals surface area contributed by atoms with Gasteiger partial charge in [-0.1, -0.05) is 24.4 Å². The van der Waals surface area contributed by atoms with Crippen LogP contribution in [-0.2, 0) is 4.74 Å². The summed E-state index contributed by atoms with van der Waals surface area (Å²) in [5.41, 5.74) is 7.61. The summed E-state index contributed by atoms with van der Waals surface area (Å²) in [6.45, 7) is 0. The number of nitrogens with zero attached hydrogens (tertiary/aromatic N) is 2. The highest BCUT2D eigenvalue weighted by Crippen LogP contribution is 2.28. The SMILES string of the molecule is COC(=O)c1cccnc1N(C)c1ccccc1C(N)=S. The Morgan fingerprint density at radius 3 is 2.57 bits per heavy atom. The third kappa shape index (κ3) is 3.00. The van der Waals surface area contributed by atoms with Crippen molar-refractivity contribution in [1.29, 1.82) is 0 Å². The molecule has 1 aromatic heterocycles. The molecule has 0 fully saturated rings. The normalized spacial score (nSPS) is 10.0. The summed E-state index contributed by atoms with van der Waals surface area (Å²) in [5.74, 6) is 0.0332. The number of para-hydroxylation sites is 1. The molecular weight excluding hydrogens is 286 g/mol. The predicted octanol–water partition coefficient (Wildman–Crippen LogP) is 2.27. The second kappa shape index (κ2) is 6.32. The summed E-state index contributed by atoms with van der Waals surface area (Å²) in [7, 11) is 3.13. The van der Waals surface area contributed by atoms with E-state index in [9.17, 15) is 4.79 Å². The monoisotopic (exact) mass is 301 g/mol. The molecular formula is C15H15N3O2S. The Morgan fingerprint density at radius 1 is 1.24 bits per heavy atom. The topological polar surface area (TPSA) is 68.5 Å². The second-order valence-electron chi connectivity index (χ2n) is 4.31. The van der Waals surface area contributed by atoms with Crippen LogP contribution >= 0.6 is 12.2 Å². The van der Waals surface area contributed by atoms with Gasteiger partial charge in [0.1, 0.15) is 16.4 Å². The first-order chi connectivity index (χ1) is 10.1. The molecule has 0 radical (unpaired) electrons. The largest absolute Gasteiger partial charge is 0.465 e. The van der Waals surface area contributed by atoms with Crippen LogP contribution in [-0.4, -0.2) is 30.1 Å². The van der Waals surface area contributed by atoms with Gasteiger partial charge in [-0.15, -0.1) is 0 Å². The third-order valence-electron chi connectivity index (χ3n) is 3.04. The van der Waals surface area contributed by atoms with Crippen LogP contribution in [0.3, 0.4) is 0 Å². The molecule has 2 rings (SSSR count). The van der Waals surface area contributed by atoms with Crippen molar-refractivity contribution in [2.24, 2.45) is 5.73 Å². The molecule has 6 heteroatoms. The number of carbonyl (C=O) groups is 1. The lowest BCUT2D eigenvalue weighted by Gasteiger charge is -2.22. The van der Waals surface area contributed by atoms with E-state index >= 15 is 0 Å². The summed E-state index contributed by atoms with van der Waals surface area (Å²) >= 11 is 5.07. The van der Waals surface area contributed by atoms with E-state index in [1.165, 1.54) is 7.11 Å². The zero-order valence-electron chi connectivity index (χ0n) is 11.7. The fraction of sp³-hybridized carbons (Fsp3) is 0.133. The first kappa shape index (κ1) is 14.9. The maximum Gasteiger partial charge on any atom is 0.341 e. The molecule has 0 atom stereocenters. The minimum Gasteiger partial charge on any atom is -0.465 e. The van der Waals surface area contributed by atoms with E-state index < -0.39 is 5.97 Å². The molecule has 0 spiro atoms. The quantitative estimate of drug-likeness (QED) is 0.690. The number of benzene rings is 1. The van der Waals surface area contributed by atoms with Crippen LogP contribution in [0.25, 0.3) is 0 Å². The number of carbonyl (C=O) groups excluding carboxylic acids is 1. The zero-order chi connectivity index (χ0) is 15.4. The highest BCUT2D eigenvalue weighted by Gasteiger charge is 2.19. The number of thiocarbonyl (C=S) groups is 1. The van der Waals surface area contributed by atoms with Crippen molar-refractivity contribution in [2.45, 2.75) is 0 Å². The molecule has 0 unspecified atom stereocenters. The third-order valence-corrected chi connectivity index (χ3v) is 3.26. The Hall–Kier alpha value is -2.47. The molecule has 5 nitrogen and oxygen atoms in total. The summed E-state index contributed by atoms with van der Waals surface area (Å²) in [6.07, 6.45) is 1.61. The highest BCUT2D eigenvalue weighted by atomic mass is 32.1. The number of rotatable bonds is 4. The van der Waals surface area contributed by atoms with Crippen LogP contribution in [0.15, 0.2) is 42.6 Å². The van der Waals surface area contributed by atoms with E-state index in [0.29, 0.717) is 11.4 Å². The minimum absolute atomic E-state index is 0.285. The number of hydrogen-bond acceptors (Lipinski definition) is 5. The Kier molecular flexibility index (Phi) is 4.49. The summed E-state index contributed by atoms with van der Waals surface area (Å²) in [5, 5.41) is 0. The molecule has 0 aliphatic heterocycles. The molecule has 0 bridgehead atoms. The van der Waals surface area contributed by atoms with Gasteiger partial charge in [-0.25, -0.2) is 9.78 Å². The fourth-order valence-electron chi connectivity index (χ4n) is 2.02. The van der Waals surface area contributed by atoms with Crippen LogP contribution in [0.1, 0.15) is 15.9 Å². The average Bonchev–Trinajstić information content (AvgIpc) is 2.53. The molecule has 1 heterocycles. The lowest BCUT2D eigenvalue weighted by atomic mass is 10.1. The van der Waals surface area contributed by atoms with Crippen molar-refractivity contribution >= 4 is 34.7 Å². The van der Waals surface area contributed by atoms with Crippen molar-refractivity contribution in [1.82, 2.24) is 4.98 Å². The Labute approximate surface area is 128 Å². The molecule has 2 N–H and O–H groups in total. The maximum atomic E-state index is 11.8. The Bertz CT molecular complexity index is 688. The van der Waals surface area contributed by atoms with Crippen LogP contribution in [0.5, 0.6) is 0 Å². The van der Waals surface area contributed by atoms with E-state index in [4.69, 9.17) is 22.7 Å². The van der Waals surface area contributed by atoms with Crippen molar-refractivity contribution < 1.29 is 9.53 Å². The molecule has 0 aliphatic carbocycles. The number of pyridine rings is 1. The zero-order valence-corrected chi connectivity index (χ0v) is 12.6. The van der Waals surface area contributed by atoms with Gasteiger partial charge in [0.15, 0.2) is 0 Å². The molecule has 1 aromatic carbocycles. The van der Waals surface area contributed by atoms with Gasteiger partial charge in [0, 0.05) is 18.8 Å². The average molecular weight is 301 g/mol. The van der Waals surface area contributed by atoms with Crippen molar-refractivity contribution in [3.63, 3.8) is 0 Å². The number of hydrogen-bond donors (Lipinski definition) is 1. The van der Waals surface area contributed by atoms with E-state index in [0.717, 1.165) is 11.3 Å². The van der Waals surface area contributed by atoms with Gasteiger partial charge in [-0.3, -0.25) is 0 Å².